The lowest BCUT2D eigenvalue weighted by atomic mass is 10.1. The maximum Gasteiger partial charge on any atom is 0.167 e. The zero-order chi connectivity index (χ0) is 11.4. The van der Waals surface area contributed by atoms with Crippen LogP contribution in [0.25, 0.3) is 0 Å². The number of benzene rings is 1. The minimum Gasteiger partial charge on any atom is -0.474 e. The summed E-state index contributed by atoms with van der Waals surface area (Å²) in [5.74, 6) is 1.40. The van der Waals surface area contributed by atoms with Crippen molar-refractivity contribution in [1.29, 1.82) is 0 Å². The Bertz CT molecular complexity index is 418. The fraction of sp³-hybridized carbons (Fsp3) is 0.250. The van der Waals surface area contributed by atoms with E-state index >= 15 is 0 Å². The molecule has 0 aliphatic carbocycles. The lowest BCUT2D eigenvalue weighted by Gasteiger charge is -2.12. The summed E-state index contributed by atoms with van der Waals surface area (Å²) in [7, 11) is 0. The first-order chi connectivity index (χ1) is 7.06. The van der Waals surface area contributed by atoms with Crippen LogP contribution in [0.5, 0.6) is 5.75 Å². The number of terminal acetylenes is 1. The normalized spacial score (nSPS) is 11.6. The number of hydrogen-bond acceptors (Lipinski definition) is 2. The highest BCUT2D eigenvalue weighted by molar-refractivity contribution is 5.96. The van der Waals surface area contributed by atoms with Crippen molar-refractivity contribution >= 4 is 5.78 Å². The average Bonchev–Trinajstić information content (AvgIpc) is 2.20. The molecule has 1 aromatic rings. The van der Waals surface area contributed by atoms with E-state index in [1.54, 1.807) is 6.92 Å². The fourth-order valence-corrected chi connectivity index (χ4v) is 1.12. The summed E-state index contributed by atoms with van der Waals surface area (Å²) in [5.41, 5.74) is 0.206. The number of carbonyl (C=O) groups is 1. The Balaban J connectivity index is 3.14. The Morgan fingerprint density at radius 3 is 2.80 bits per heavy atom. The molecule has 0 saturated heterocycles. The summed E-state index contributed by atoms with van der Waals surface area (Å²) in [6.07, 6.45) is 4.54. The van der Waals surface area contributed by atoms with Gasteiger partial charge in [-0.1, -0.05) is 12.0 Å². The molecule has 0 aliphatic rings. The van der Waals surface area contributed by atoms with E-state index in [0.717, 1.165) is 0 Å². The van der Waals surface area contributed by atoms with Crippen molar-refractivity contribution in [3.8, 4) is 18.1 Å². The van der Waals surface area contributed by atoms with Crippen LogP contribution in [-0.4, -0.2) is 11.9 Å². The van der Waals surface area contributed by atoms with Gasteiger partial charge in [0.15, 0.2) is 23.5 Å². The summed E-state index contributed by atoms with van der Waals surface area (Å²) in [5, 5.41) is 0. The van der Waals surface area contributed by atoms with Gasteiger partial charge in [0.05, 0.1) is 5.56 Å². The van der Waals surface area contributed by atoms with Gasteiger partial charge in [-0.15, -0.1) is 6.42 Å². The molecule has 0 spiro atoms. The van der Waals surface area contributed by atoms with Gasteiger partial charge in [0.25, 0.3) is 0 Å². The summed E-state index contributed by atoms with van der Waals surface area (Å²) in [4.78, 5) is 11.2. The molecule has 2 nitrogen and oxygen atoms in total. The van der Waals surface area contributed by atoms with Crippen LogP contribution in [0.15, 0.2) is 18.2 Å². The van der Waals surface area contributed by atoms with Crippen molar-refractivity contribution in [2.75, 3.05) is 0 Å². The van der Waals surface area contributed by atoms with Crippen LogP contribution in [0.1, 0.15) is 24.2 Å². The third-order valence-corrected chi connectivity index (χ3v) is 1.88. The summed E-state index contributed by atoms with van der Waals surface area (Å²) < 4.78 is 18.5. The first-order valence-electron chi connectivity index (χ1n) is 4.48. The monoisotopic (exact) mass is 206 g/mol. The van der Waals surface area contributed by atoms with E-state index < -0.39 is 11.9 Å². The predicted octanol–water partition coefficient (Wildman–Crippen LogP) is 2.43. The van der Waals surface area contributed by atoms with Gasteiger partial charge in [-0.25, -0.2) is 4.39 Å². The predicted molar refractivity (Wildman–Crippen MR) is 55.3 cm³/mol. The average molecular weight is 206 g/mol. The molecule has 78 valence electrons. The van der Waals surface area contributed by atoms with Gasteiger partial charge >= 0.3 is 0 Å². The molecular formula is C12H11FO2. The largest absolute Gasteiger partial charge is 0.474 e. The zero-order valence-corrected chi connectivity index (χ0v) is 8.58. The Kier molecular flexibility index (Phi) is 3.46. The molecule has 0 radical (unpaired) electrons. The van der Waals surface area contributed by atoms with E-state index in [2.05, 4.69) is 5.92 Å². The first kappa shape index (κ1) is 11.3. The molecule has 0 N–H and O–H groups in total. The van der Waals surface area contributed by atoms with Crippen molar-refractivity contribution in [2.24, 2.45) is 0 Å². The van der Waals surface area contributed by atoms with Gasteiger partial charge in [-0.3, -0.25) is 4.79 Å². The minimum atomic E-state index is -0.579. The fourth-order valence-electron chi connectivity index (χ4n) is 1.12. The molecule has 0 amide bonds. The van der Waals surface area contributed by atoms with E-state index in [4.69, 9.17) is 11.2 Å². The van der Waals surface area contributed by atoms with Crippen LogP contribution in [0, 0.1) is 18.2 Å². The maximum absolute atomic E-state index is 13.4. The quantitative estimate of drug-likeness (QED) is 0.560. The van der Waals surface area contributed by atoms with Gasteiger partial charge < -0.3 is 4.74 Å². The number of halogens is 1. The second-order valence-corrected chi connectivity index (χ2v) is 3.10. The molecule has 0 heterocycles. The van der Waals surface area contributed by atoms with Gasteiger partial charge in [0.2, 0.25) is 0 Å². The number of carbonyl (C=O) groups excluding carboxylic acids is 1. The van der Waals surface area contributed by atoms with E-state index in [9.17, 15) is 9.18 Å². The molecule has 0 fully saturated rings. The number of hydrogen-bond donors (Lipinski definition) is 0. The highest BCUT2D eigenvalue weighted by atomic mass is 19.1. The van der Waals surface area contributed by atoms with Crippen LogP contribution >= 0.6 is 0 Å². The van der Waals surface area contributed by atoms with E-state index in [1.165, 1.54) is 25.1 Å². The molecule has 3 heteroatoms. The van der Waals surface area contributed by atoms with Gasteiger partial charge in [0, 0.05) is 0 Å². The Hall–Kier alpha value is -1.82. The van der Waals surface area contributed by atoms with Crippen molar-refractivity contribution in [3.05, 3.63) is 29.6 Å². The summed E-state index contributed by atoms with van der Waals surface area (Å²) in [6.45, 7) is 2.96. The lowest BCUT2D eigenvalue weighted by molar-refractivity contribution is 0.101. The standard InChI is InChI=1S/C12H11FO2/c1-4-8(2)15-12-10(9(3)14)6-5-7-11(12)13/h1,5-8H,2-3H3. The molecule has 0 aliphatic heterocycles. The third-order valence-electron chi connectivity index (χ3n) is 1.88. The van der Waals surface area contributed by atoms with Crippen LogP contribution < -0.4 is 4.74 Å². The molecule has 1 aromatic carbocycles. The second-order valence-electron chi connectivity index (χ2n) is 3.10. The SMILES string of the molecule is C#CC(C)Oc1c(F)cccc1C(C)=O. The van der Waals surface area contributed by atoms with E-state index in [1.807, 2.05) is 0 Å². The van der Waals surface area contributed by atoms with Gasteiger partial charge in [0.1, 0.15) is 0 Å². The molecular weight excluding hydrogens is 195 g/mol. The molecule has 1 atom stereocenters. The van der Waals surface area contributed by atoms with Crippen molar-refractivity contribution < 1.29 is 13.9 Å². The molecule has 0 aromatic heterocycles. The topological polar surface area (TPSA) is 26.3 Å². The van der Waals surface area contributed by atoms with Gasteiger partial charge in [-0.2, -0.15) is 0 Å². The molecule has 0 bridgehead atoms. The van der Waals surface area contributed by atoms with Crippen LogP contribution in [-0.2, 0) is 0 Å². The first-order valence-corrected chi connectivity index (χ1v) is 4.48. The maximum atomic E-state index is 13.4. The Morgan fingerprint density at radius 2 is 2.27 bits per heavy atom. The van der Waals surface area contributed by atoms with E-state index in [0.29, 0.717) is 0 Å². The number of Topliss-reactive ketones (excluding diaryl/α,β-unsaturated/α-hetero) is 1. The Morgan fingerprint density at radius 1 is 1.60 bits per heavy atom. The van der Waals surface area contributed by atoms with Crippen LogP contribution in [0.3, 0.4) is 0 Å². The van der Waals surface area contributed by atoms with Gasteiger partial charge in [-0.05, 0) is 26.0 Å². The number of ether oxygens (including phenoxy) is 1. The third kappa shape index (κ3) is 2.57. The molecule has 1 rings (SSSR count). The second kappa shape index (κ2) is 4.61. The summed E-state index contributed by atoms with van der Waals surface area (Å²) in [6, 6.07) is 4.19. The smallest absolute Gasteiger partial charge is 0.167 e. The number of rotatable bonds is 3. The highest BCUT2D eigenvalue weighted by Gasteiger charge is 2.14. The molecule has 1 unspecified atom stereocenters. The van der Waals surface area contributed by atoms with Crippen molar-refractivity contribution in [2.45, 2.75) is 20.0 Å². The lowest BCUT2D eigenvalue weighted by Crippen LogP contribution is -2.12. The summed E-state index contributed by atoms with van der Waals surface area (Å²) >= 11 is 0. The van der Waals surface area contributed by atoms with Crippen LogP contribution in [0.2, 0.25) is 0 Å². The minimum absolute atomic E-state index is 0.0737. The van der Waals surface area contributed by atoms with Crippen molar-refractivity contribution in [1.82, 2.24) is 0 Å². The Labute approximate surface area is 88.1 Å². The zero-order valence-electron chi connectivity index (χ0n) is 8.58. The number of ketones is 1. The molecule has 0 saturated carbocycles. The van der Waals surface area contributed by atoms with Crippen LogP contribution in [0.4, 0.5) is 4.39 Å². The number of para-hydroxylation sites is 1. The highest BCUT2D eigenvalue weighted by Crippen LogP contribution is 2.24. The van der Waals surface area contributed by atoms with Crippen molar-refractivity contribution in [3.63, 3.8) is 0 Å². The van der Waals surface area contributed by atoms with E-state index in [-0.39, 0.29) is 17.1 Å². The molecule has 15 heavy (non-hydrogen) atoms.